The van der Waals surface area contributed by atoms with Gasteiger partial charge in [0.05, 0.1) is 5.03 Å². The molecule has 0 aliphatic heterocycles. The van der Waals surface area contributed by atoms with Crippen molar-refractivity contribution in [2.75, 3.05) is 11.2 Å². The van der Waals surface area contributed by atoms with Crippen molar-refractivity contribution in [2.24, 2.45) is 0 Å². The summed E-state index contributed by atoms with van der Waals surface area (Å²) in [5, 5.41) is 11.0. The molecule has 0 saturated heterocycles. The van der Waals surface area contributed by atoms with Crippen LogP contribution in [-0.4, -0.2) is 22.3 Å². The minimum Gasteiger partial charge on any atom is -0.506 e. The van der Waals surface area contributed by atoms with Gasteiger partial charge in [0.2, 0.25) is 0 Å². The summed E-state index contributed by atoms with van der Waals surface area (Å²) in [6, 6.07) is 7.14. The molecule has 2 N–H and O–H groups in total. The number of amides is 1. The van der Waals surface area contributed by atoms with Crippen molar-refractivity contribution in [3.63, 3.8) is 0 Å². The lowest BCUT2D eigenvalue weighted by Crippen LogP contribution is -2.22. The van der Waals surface area contributed by atoms with Crippen LogP contribution >= 0.6 is 23.5 Å². The van der Waals surface area contributed by atoms with Gasteiger partial charge in [-0.25, -0.2) is 0 Å². The predicted molar refractivity (Wildman–Crippen MR) is 108 cm³/mol. The van der Waals surface area contributed by atoms with E-state index in [1.165, 1.54) is 34.5 Å². The molecule has 0 radical (unpaired) electrons. The number of hydrogen-bond acceptors (Lipinski definition) is 5. The Labute approximate surface area is 160 Å². The van der Waals surface area contributed by atoms with Gasteiger partial charge in [0.15, 0.2) is 0 Å². The van der Waals surface area contributed by atoms with E-state index in [1.54, 1.807) is 43.5 Å². The molecule has 7 heteroatoms. The van der Waals surface area contributed by atoms with Crippen LogP contribution in [0.4, 0.5) is 5.69 Å². The molecule has 0 saturated carbocycles. The minimum absolute atomic E-state index is 0.00967. The van der Waals surface area contributed by atoms with Gasteiger partial charge in [-0.2, -0.15) is 0 Å². The second-order valence-corrected chi connectivity index (χ2v) is 7.18. The Morgan fingerprint density at radius 3 is 2.50 bits per heavy atom. The van der Waals surface area contributed by atoms with Crippen LogP contribution in [0.15, 0.2) is 68.8 Å². The van der Waals surface area contributed by atoms with Gasteiger partial charge in [0, 0.05) is 22.3 Å². The van der Waals surface area contributed by atoms with E-state index < -0.39 is 0 Å². The quantitative estimate of drug-likeness (QED) is 0.570. The molecule has 1 aromatic heterocycles. The van der Waals surface area contributed by atoms with Crippen LogP contribution in [-0.2, 0) is 4.79 Å². The Morgan fingerprint density at radius 2 is 1.96 bits per heavy atom. The van der Waals surface area contributed by atoms with E-state index >= 15 is 0 Å². The van der Waals surface area contributed by atoms with Gasteiger partial charge in [0.25, 0.3) is 11.5 Å². The number of hydrogen-bond donors (Lipinski definition) is 2. The number of aromatic amines is 1. The number of nitrogens with zero attached hydrogens (tertiary/aromatic N) is 1. The third-order valence-electron chi connectivity index (χ3n) is 3.59. The summed E-state index contributed by atoms with van der Waals surface area (Å²) in [6.07, 6.45) is 6.51. The number of benzene rings is 1. The molecule has 1 aromatic carbocycles. The van der Waals surface area contributed by atoms with Crippen LogP contribution in [0.3, 0.4) is 0 Å². The van der Waals surface area contributed by atoms with Crippen molar-refractivity contribution < 1.29 is 9.90 Å². The first-order valence-electron chi connectivity index (χ1n) is 7.79. The van der Waals surface area contributed by atoms with Crippen LogP contribution in [0.25, 0.3) is 0 Å². The largest absolute Gasteiger partial charge is 0.506 e. The first kappa shape index (κ1) is 19.9. The Bertz CT molecular complexity index is 902. The number of allylic oxidation sites excluding steroid dienone is 1. The third kappa shape index (κ3) is 4.23. The molecule has 0 aliphatic carbocycles. The number of nitrogens with one attached hydrogen (secondary N) is 1. The summed E-state index contributed by atoms with van der Waals surface area (Å²) in [4.78, 5) is 29.5. The zero-order chi connectivity index (χ0) is 19.3. The van der Waals surface area contributed by atoms with Crippen molar-refractivity contribution in [1.29, 1.82) is 0 Å². The van der Waals surface area contributed by atoms with Crippen molar-refractivity contribution in [3.05, 3.63) is 65.1 Å². The molecule has 0 atom stereocenters. The van der Waals surface area contributed by atoms with Crippen LogP contribution in [0.2, 0.25) is 0 Å². The highest BCUT2D eigenvalue weighted by Crippen LogP contribution is 2.36. The van der Waals surface area contributed by atoms with Crippen molar-refractivity contribution in [2.45, 2.75) is 28.7 Å². The predicted octanol–water partition coefficient (Wildman–Crippen LogP) is 4.31. The number of aromatic hydroxyl groups is 1. The van der Waals surface area contributed by atoms with Crippen LogP contribution in [0.5, 0.6) is 5.75 Å². The lowest BCUT2D eigenvalue weighted by Gasteiger charge is -2.17. The molecule has 0 fully saturated rings. The molecule has 1 amide bonds. The smallest absolute Gasteiger partial charge is 0.266 e. The van der Waals surface area contributed by atoms with Crippen LogP contribution in [0, 0.1) is 6.92 Å². The summed E-state index contributed by atoms with van der Waals surface area (Å²) < 4.78 is 0. The summed E-state index contributed by atoms with van der Waals surface area (Å²) in [6.45, 7) is 7.09. The molecule has 1 heterocycles. The number of pyridine rings is 1. The van der Waals surface area contributed by atoms with Crippen LogP contribution in [0.1, 0.15) is 12.5 Å². The molecule has 2 rings (SSSR count). The van der Waals surface area contributed by atoms with E-state index in [0.717, 1.165) is 4.90 Å². The fraction of sp³-hybridized carbons (Fsp3) is 0.158. The summed E-state index contributed by atoms with van der Waals surface area (Å²) in [7, 11) is 0. The lowest BCUT2D eigenvalue weighted by atomic mass is 10.3. The normalized spacial score (nSPS) is 10.9. The minimum atomic E-state index is -0.330. The second kappa shape index (κ2) is 8.82. The highest BCUT2D eigenvalue weighted by Gasteiger charge is 2.15. The van der Waals surface area contributed by atoms with Gasteiger partial charge in [-0.05, 0) is 50.4 Å². The van der Waals surface area contributed by atoms with Crippen molar-refractivity contribution in [1.82, 2.24) is 4.98 Å². The highest BCUT2D eigenvalue weighted by molar-refractivity contribution is 7.99. The summed E-state index contributed by atoms with van der Waals surface area (Å²) >= 11 is 2.55. The van der Waals surface area contributed by atoms with Gasteiger partial charge in [0.1, 0.15) is 10.6 Å². The standard InChI is InChI=1S/C19H20N2O3S2/c1-5-11-21(15(22)6-2)13-7-9-14(10-8-13)26-17-16(23)12(3)19(25-4)20-18(17)24/h5-11H,2H2,1,3-4H3,(H2,20,23,24)/b11-5-. The van der Waals surface area contributed by atoms with Gasteiger partial charge >= 0.3 is 0 Å². The maximum atomic E-state index is 12.2. The molecule has 0 bridgehead atoms. The Kier molecular flexibility index (Phi) is 6.76. The number of anilines is 1. The molecule has 5 nitrogen and oxygen atoms in total. The van der Waals surface area contributed by atoms with E-state index in [0.29, 0.717) is 16.3 Å². The highest BCUT2D eigenvalue weighted by atomic mass is 32.2. The monoisotopic (exact) mass is 388 g/mol. The number of thioether (sulfide) groups is 1. The maximum Gasteiger partial charge on any atom is 0.266 e. The van der Waals surface area contributed by atoms with Crippen molar-refractivity contribution >= 4 is 35.1 Å². The van der Waals surface area contributed by atoms with E-state index in [-0.39, 0.29) is 22.1 Å². The lowest BCUT2D eigenvalue weighted by molar-refractivity contribution is -0.113. The number of rotatable bonds is 6. The Balaban J connectivity index is 2.33. The zero-order valence-electron chi connectivity index (χ0n) is 14.8. The Morgan fingerprint density at radius 1 is 1.31 bits per heavy atom. The second-order valence-electron chi connectivity index (χ2n) is 5.28. The number of H-pyrrole nitrogens is 1. The van der Waals surface area contributed by atoms with Gasteiger partial charge in [-0.3, -0.25) is 14.5 Å². The van der Waals surface area contributed by atoms with Gasteiger partial charge in [-0.15, -0.1) is 11.8 Å². The molecule has 0 spiro atoms. The molecule has 2 aromatic rings. The Hall–Kier alpha value is -2.38. The summed E-state index contributed by atoms with van der Waals surface area (Å²) in [5.41, 5.74) is 1.00. The van der Waals surface area contributed by atoms with E-state index in [1.807, 2.05) is 13.2 Å². The number of aromatic nitrogens is 1. The van der Waals surface area contributed by atoms with E-state index in [4.69, 9.17) is 0 Å². The fourth-order valence-electron chi connectivity index (χ4n) is 2.26. The third-order valence-corrected chi connectivity index (χ3v) is 5.50. The first-order valence-corrected chi connectivity index (χ1v) is 9.83. The summed E-state index contributed by atoms with van der Waals surface area (Å²) in [5.74, 6) is -0.245. The fourth-order valence-corrected chi connectivity index (χ4v) is 3.76. The van der Waals surface area contributed by atoms with E-state index in [9.17, 15) is 14.7 Å². The molecule has 26 heavy (non-hydrogen) atoms. The van der Waals surface area contributed by atoms with Crippen molar-refractivity contribution in [3.8, 4) is 5.75 Å². The average molecular weight is 389 g/mol. The molecule has 0 aliphatic rings. The first-order chi connectivity index (χ1) is 12.4. The average Bonchev–Trinajstić information content (AvgIpc) is 2.66. The molecule has 0 unspecified atom stereocenters. The topological polar surface area (TPSA) is 73.4 Å². The zero-order valence-corrected chi connectivity index (χ0v) is 16.4. The SMILES string of the molecule is C=CC(=O)N(/C=C\C)c1ccc(Sc2c(O)c(C)c(SC)[nH]c2=O)cc1. The molecular weight excluding hydrogens is 368 g/mol. The van der Waals surface area contributed by atoms with Gasteiger partial charge in [-0.1, -0.05) is 24.4 Å². The number of carbonyl (C=O) groups is 1. The number of carbonyl (C=O) groups excluding carboxylic acids is 1. The molecular formula is C19H20N2O3S2. The maximum absolute atomic E-state index is 12.2. The van der Waals surface area contributed by atoms with Gasteiger partial charge < -0.3 is 10.1 Å². The molecule has 136 valence electrons. The van der Waals surface area contributed by atoms with Crippen LogP contribution < -0.4 is 10.5 Å². The van der Waals surface area contributed by atoms with E-state index in [2.05, 4.69) is 11.6 Å².